The summed E-state index contributed by atoms with van der Waals surface area (Å²) in [6.45, 7) is 3.09. The van der Waals surface area contributed by atoms with Crippen LogP contribution in [0.15, 0.2) is 0 Å². The lowest BCUT2D eigenvalue weighted by atomic mass is 9.77. The molecule has 0 aromatic rings. The van der Waals surface area contributed by atoms with E-state index in [0.29, 0.717) is 0 Å². The van der Waals surface area contributed by atoms with Gasteiger partial charge >= 0.3 is 0 Å². The Kier molecular flexibility index (Phi) is 4.20. The zero-order valence-electron chi connectivity index (χ0n) is 8.97. The molecule has 1 aliphatic rings. The first kappa shape index (κ1) is 11.0. The van der Waals surface area contributed by atoms with Crippen molar-refractivity contribution in [2.24, 2.45) is 5.92 Å². The summed E-state index contributed by atoms with van der Waals surface area (Å²) in [5, 5.41) is 13.1. The molecule has 0 radical (unpaired) electrons. The molecule has 1 fully saturated rings. The van der Waals surface area contributed by atoms with E-state index >= 15 is 0 Å². The fourth-order valence-corrected chi connectivity index (χ4v) is 2.41. The number of hydrogen-bond acceptors (Lipinski definition) is 2. The Bertz CT molecular complexity index is 145. The van der Waals surface area contributed by atoms with Crippen molar-refractivity contribution in [2.45, 2.75) is 51.0 Å². The molecule has 2 nitrogen and oxygen atoms in total. The van der Waals surface area contributed by atoms with Crippen molar-refractivity contribution in [1.82, 2.24) is 5.32 Å². The first-order chi connectivity index (χ1) is 6.14. The number of rotatable bonds is 4. The van der Waals surface area contributed by atoms with Crippen LogP contribution in [0.2, 0.25) is 0 Å². The van der Waals surface area contributed by atoms with E-state index in [0.717, 1.165) is 25.3 Å². The highest BCUT2D eigenvalue weighted by Crippen LogP contribution is 2.34. The van der Waals surface area contributed by atoms with Gasteiger partial charge in [0.2, 0.25) is 0 Å². The van der Waals surface area contributed by atoms with Gasteiger partial charge in [0.15, 0.2) is 0 Å². The molecule has 2 atom stereocenters. The highest BCUT2D eigenvalue weighted by atomic mass is 16.3. The maximum atomic E-state index is 9.89. The molecule has 2 heteroatoms. The molecule has 1 rings (SSSR count). The SMILES string of the molecule is CNCCCC1CCCC(C)(O)C1. The second-order valence-corrected chi connectivity index (χ2v) is 4.71. The third-order valence-corrected chi connectivity index (χ3v) is 3.10. The molecule has 0 aromatic carbocycles. The van der Waals surface area contributed by atoms with E-state index in [2.05, 4.69) is 5.32 Å². The van der Waals surface area contributed by atoms with Crippen molar-refractivity contribution in [2.75, 3.05) is 13.6 Å². The standard InChI is InChI=1S/C11H23NO/c1-11(13)7-3-5-10(9-11)6-4-8-12-2/h10,12-13H,3-9H2,1-2H3. The minimum absolute atomic E-state index is 0.372. The number of aliphatic hydroxyl groups is 1. The van der Waals surface area contributed by atoms with Crippen molar-refractivity contribution >= 4 is 0 Å². The van der Waals surface area contributed by atoms with Gasteiger partial charge in [0.1, 0.15) is 0 Å². The Morgan fingerprint density at radius 1 is 1.54 bits per heavy atom. The van der Waals surface area contributed by atoms with Gasteiger partial charge in [0.05, 0.1) is 5.60 Å². The van der Waals surface area contributed by atoms with Gasteiger partial charge in [-0.05, 0) is 52.1 Å². The number of hydrogen-bond donors (Lipinski definition) is 2. The lowest BCUT2D eigenvalue weighted by Crippen LogP contribution is -2.31. The van der Waals surface area contributed by atoms with Gasteiger partial charge in [-0.1, -0.05) is 12.8 Å². The minimum atomic E-state index is -0.372. The Morgan fingerprint density at radius 2 is 2.31 bits per heavy atom. The van der Waals surface area contributed by atoms with Crippen molar-refractivity contribution in [1.29, 1.82) is 0 Å². The normalized spacial score (nSPS) is 34.8. The zero-order valence-corrected chi connectivity index (χ0v) is 8.97. The Balaban J connectivity index is 2.19. The average molecular weight is 185 g/mol. The summed E-state index contributed by atoms with van der Waals surface area (Å²) in [6.07, 6.45) is 7.05. The fourth-order valence-electron chi connectivity index (χ4n) is 2.41. The van der Waals surface area contributed by atoms with E-state index in [1.54, 1.807) is 0 Å². The smallest absolute Gasteiger partial charge is 0.0622 e. The highest BCUT2D eigenvalue weighted by molar-refractivity contribution is 4.82. The van der Waals surface area contributed by atoms with Crippen molar-refractivity contribution in [3.63, 3.8) is 0 Å². The molecular weight excluding hydrogens is 162 g/mol. The maximum absolute atomic E-state index is 9.89. The van der Waals surface area contributed by atoms with Gasteiger partial charge in [-0.3, -0.25) is 0 Å². The van der Waals surface area contributed by atoms with E-state index in [9.17, 15) is 5.11 Å². The average Bonchev–Trinajstić information content (AvgIpc) is 2.03. The Morgan fingerprint density at radius 3 is 2.92 bits per heavy atom. The van der Waals surface area contributed by atoms with Crippen molar-refractivity contribution in [3.05, 3.63) is 0 Å². The molecular formula is C11H23NO. The molecule has 13 heavy (non-hydrogen) atoms. The van der Waals surface area contributed by atoms with Crippen LogP contribution in [0.3, 0.4) is 0 Å². The van der Waals surface area contributed by atoms with Gasteiger partial charge < -0.3 is 10.4 Å². The van der Waals surface area contributed by atoms with Crippen LogP contribution >= 0.6 is 0 Å². The molecule has 0 bridgehead atoms. The van der Waals surface area contributed by atoms with Gasteiger partial charge in [-0.2, -0.15) is 0 Å². The van der Waals surface area contributed by atoms with Crippen LogP contribution in [0.5, 0.6) is 0 Å². The summed E-state index contributed by atoms with van der Waals surface area (Å²) in [6, 6.07) is 0. The molecule has 0 saturated heterocycles. The van der Waals surface area contributed by atoms with Crippen molar-refractivity contribution < 1.29 is 5.11 Å². The van der Waals surface area contributed by atoms with Gasteiger partial charge in [0, 0.05) is 0 Å². The lowest BCUT2D eigenvalue weighted by molar-refractivity contribution is -0.000723. The summed E-state index contributed by atoms with van der Waals surface area (Å²) in [4.78, 5) is 0. The molecule has 78 valence electrons. The van der Waals surface area contributed by atoms with E-state index < -0.39 is 0 Å². The maximum Gasteiger partial charge on any atom is 0.0622 e. The summed E-state index contributed by atoms with van der Waals surface area (Å²) < 4.78 is 0. The Labute approximate surface area is 81.7 Å². The fraction of sp³-hybridized carbons (Fsp3) is 1.00. The number of nitrogens with one attached hydrogen (secondary N) is 1. The molecule has 2 unspecified atom stereocenters. The summed E-state index contributed by atoms with van der Waals surface area (Å²) >= 11 is 0. The largest absolute Gasteiger partial charge is 0.390 e. The van der Waals surface area contributed by atoms with Crippen LogP contribution < -0.4 is 5.32 Å². The molecule has 1 aliphatic carbocycles. The minimum Gasteiger partial charge on any atom is -0.390 e. The predicted molar refractivity (Wildman–Crippen MR) is 55.7 cm³/mol. The topological polar surface area (TPSA) is 32.3 Å². The van der Waals surface area contributed by atoms with E-state index in [4.69, 9.17) is 0 Å². The summed E-state index contributed by atoms with van der Waals surface area (Å²) in [5.74, 6) is 0.761. The van der Waals surface area contributed by atoms with Crippen LogP contribution in [0.1, 0.15) is 45.4 Å². The van der Waals surface area contributed by atoms with Gasteiger partial charge in [-0.25, -0.2) is 0 Å². The van der Waals surface area contributed by atoms with Gasteiger partial charge in [-0.15, -0.1) is 0 Å². The summed E-state index contributed by atoms with van der Waals surface area (Å²) in [7, 11) is 2.00. The van der Waals surface area contributed by atoms with Crippen LogP contribution in [-0.2, 0) is 0 Å². The van der Waals surface area contributed by atoms with E-state index in [-0.39, 0.29) is 5.60 Å². The van der Waals surface area contributed by atoms with Crippen LogP contribution in [0.25, 0.3) is 0 Å². The van der Waals surface area contributed by atoms with E-state index in [1.807, 2.05) is 14.0 Å². The van der Waals surface area contributed by atoms with Crippen LogP contribution in [0.4, 0.5) is 0 Å². The molecule has 1 saturated carbocycles. The molecule has 0 amide bonds. The van der Waals surface area contributed by atoms with Crippen LogP contribution in [0, 0.1) is 5.92 Å². The second kappa shape index (κ2) is 4.97. The first-order valence-corrected chi connectivity index (χ1v) is 5.51. The lowest BCUT2D eigenvalue weighted by Gasteiger charge is -2.33. The highest BCUT2D eigenvalue weighted by Gasteiger charge is 2.29. The second-order valence-electron chi connectivity index (χ2n) is 4.71. The summed E-state index contributed by atoms with van der Waals surface area (Å²) in [5.41, 5.74) is -0.372. The third kappa shape index (κ3) is 4.10. The zero-order chi connectivity index (χ0) is 9.73. The molecule has 0 spiro atoms. The Hall–Kier alpha value is -0.0800. The molecule has 0 aliphatic heterocycles. The van der Waals surface area contributed by atoms with Gasteiger partial charge in [0.25, 0.3) is 0 Å². The third-order valence-electron chi connectivity index (χ3n) is 3.10. The molecule has 0 heterocycles. The van der Waals surface area contributed by atoms with Crippen molar-refractivity contribution in [3.8, 4) is 0 Å². The van der Waals surface area contributed by atoms with Crippen LogP contribution in [-0.4, -0.2) is 24.3 Å². The molecule has 2 N–H and O–H groups in total. The molecule has 0 aromatic heterocycles. The first-order valence-electron chi connectivity index (χ1n) is 5.51. The predicted octanol–water partition coefficient (Wildman–Crippen LogP) is 1.93. The van der Waals surface area contributed by atoms with E-state index in [1.165, 1.54) is 25.7 Å². The quantitative estimate of drug-likeness (QED) is 0.656. The monoisotopic (exact) mass is 185 g/mol.